The van der Waals surface area contributed by atoms with Gasteiger partial charge in [-0.3, -0.25) is 0 Å². The maximum Gasteiger partial charge on any atom is 0.146 e. The van der Waals surface area contributed by atoms with Crippen molar-refractivity contribution in [1.29, 1.82) is 0 Å². The molecule has 0 bridgehead atoms. The van der Waals surface area contributed by atoms with Gasteiger partial charge >= 0.3 is 0 Å². The Hall–Kier alpha value is -1.05. The fourth-order valence-electron chi connectivity index (χ4n) is 2.40. The van der Waals surface area contributed by atoms with Crippen LogP contribution in [0.3, 0.4) is 0 Å². The summed E-state index contributed by atoms with van der Waals surface area (Å²) in [4.78, 5) is 2.11. The molecule has 0 saturated heterocycles. The molecule has 1 aliphatic carbocycles. The summed E-state index contributed by atoms with van der Waals surface area (Å²) in [5.74, 6) is -0.106. The summed E-state index contributed by atoms with van der Waals surface area (Å²) < 4.78 is 13.6. The van der Waals surface area contributed by atoms with Gasteiger partial charge in [-0.15, -0.1) is 0 Å². The summed E-state index contributed by atoms with van der Waals surface area (Å²) in [6.07, 6.45) is 6.30. The molecule has 2 rings (SSSR count). The molecule has 15 heavy (non-hydrogen) atoms. The van der Waals surface area contributed by atoms with Crippen molar-refractivity contribution in [3.63, 3.8) is 0 Å². The van der Waals surface area contributed by atoms with Gasteiger partial charge < -0.3 is 4.90 Å². The van der Waals surface area contributed by atoms with Crippen LogP contribution in [0.15, 0.2) is 24.3 Å². The van der Waals surface area contributed by atoms with Crippen LogP contribution in [-0.2, 0) is 0 Å². The van der Waals surface area contributed by atoms with E-state index in [1.807, 2.05) is 19.2 Å². The number of nitrogens with zero attached hydrogens (tertiary/aromatic N) is 1. The Balaban J connectivity index is 2.12. The van der Waals surface area contributed by atoms with Crippen molar-refractivity contribution in [2.24, 2.45) is 0 Å². The van der Waals surface area contributed by atoms with E-state index < -0.39 is 0 Å². The lowest BCUT2D eigenvalue weighted by Crippen LogP contribution is -2.33. The van der Waals surface area contributed by atoms with Crippen LogP contribution < -0.4 is 4.90 Å². The van der Waals surface area contributed by atoms with Gasteiger partial charge in [-0.1, -0.05) is 31.4 Å². The topological polar surface area (TPSA) is 3.24 Å². The number of hydrogen-bond acceptors (Lipinski definition) is 1. The van der Waals surface area contributed by atoms with Crippen LogP contribution in [0.5, 0.6) is 0 Å². The van der Waals surface area contributed by atoms with E-state index >= 15 is 0 Å². The molecule has 1 nitrogen and oxygen atoms in total. The highest BCUT2D eigenvalue weighted by Gasteiger charge is 2.19. The first kappa shape index (κ1) is 10.5. The third kappa shape index (κ3) is 2.31. The smallest absolute Gasteiger partial charge is 0.146 e. The molecule has 0 aromatic heterocycles. The lowest BCUT2D eigenvalue weighted by atomic mass is 9.94. The molecular formula is C13H18FN. The Morgan fingerprint density at radius 1 is 1.13 bits per heavy atom. The zero-order valence-corrected chi connectivity index (χ0v) is 9.25. The molecule has 0 spiro atoms. The van der Waals surface area contributed by atoms with Gasteiger partial charge in [-0.25, -0.2) is 4.39 Å². The second-order valence-electron chi connectivity index (χ2n) is 4.35. The average Bonchev–Trinajstić information content (AvgIpc) is 2.30. The van der Waals surface area contributed by atoms with Crippen LogP contribution in [-0.4, -0.2) is 13.1 Å². The van der Waals surface area contributed by atoms with Gasteiger partial charge in [0, 0.05) is 13.1 Å². The standard InChI is InChI=1S/C13H18FN/c1-15(11-7-3-2-4-8-11)13-10-6-5-9-12(13)14/h5-6,9-11H,2-4,7-8H2,1H3. The molecule has 0 N–H and O–H groups in total. The lowest BCUT2D eigenvalue weighted by Gasteiger charge is -2.33. The van der Waals surface area contributed by atoms with E-state index in [1.54, 1.807) is 6.07 Å². The van der Waals surface area contributed by atoms with Gasteiger partial charge in [0.2, 0.25) is 0 Å². The molecule has 0 heterocycles. The molecular weight excluding hydrogens is 189 g/mol. The molecule has 0 unspecified atom stereocenters. The Morgan fingerprint density at radius 3 is 2.47 bits per heavy atom. The van der Waals surface area contributed by atoms with E-state index in [4.69, 9.17) is 0 Å². The van der Waals surface area contributed by atoms with Crippen LogP contribution in [0.25, 0.3) is 0 Å². The molecule has 1 aromatic rings. The van der Waals surface area contributed by atoms with E-state index in [0.717, 1.165) is 5.69 Å². The quantitative estimate of drug-likeness (QED) is 0.716. The molecule has 0 radical (unpaired) electrons. The summed E-state index contributed by atoms with van der Waals surface area (Å²) >= 11 is 0. The monoisotopic (exact) mass is 207 g/mol. The number of anilines is 1. The predicted molar refractivity (Wildman–Crippen MR) is 61.7 cm³/mol. The first-order chi connectivity index (χ1) is 7.29. The largest absolute Gasteiger partial charge is 0.369 e. The molecule has 1 aliphatic rings. The highest BCUT2D eigenvalue weighted by atomic mass is 19.1. The van der Waals surface area contributed by atoms with Gasteiger partial charge in [0.15, 0.2) is 0 Å². The Morgan fingerprint density at radius 2 is 1.80 bits per heavy atom. The first-order valence-electron chi connectivity index (χ1n) is 5.76. The Bertz CT molecular complexity index is 318. The molecule has 1 aromatic carbocycles. The lowest BCUT2D eigenvalue weighted by molar-refractivity contribution is 0.424. The van der Waals surface area contributed by atoms with E-state index in [-0.39, 0.29) is 5.82 Å². The molecule has 1 fully saturated rings. The summed E-state index contributed by atoms with van der Waals surface area (Å²) in [7, 11) is 2.01. The molecule has 0 amide bonds. The summed E-state index contributed by atoms with van der Waals surface area (Å²) in [5, 5.41) is 0. The highest BCUT2D eigenvalue weighted by Crippen LogP contribution is 2.27. The van der Waals surface area contributed by atoms with Crippen LogP contribution in [0.4, 0.5) is 10.1 Å². The maximum absolute atomic E-state index is 13.6. The van der Waals surface area contributed by atoms with E-state index in [9.17, 15) is 4.39 Å². The maximum atomic E-state index is 13.6. The zero-order chi connectivity index (χ0) is 10.7. The van der Waals surface area contributed by atoms with E-state index in [1.165, 1.54) is 38.2 Å². The first-order valence-corrected chi connectivity index (χ1v) is 5.76. The summed E-state index contributed by atoms with van der Waals surface area (Å²) in [5.41, 5.74) is 0.740. The molecule has 0 atom stereocenters. The normalized spacial score (nSPS) is 17.7. The van der Waals surface area contributed by atoms with Gasteiger partial charge in [0.05, 0.1) is 5.69 Å². The average molecular weight is 207 g/mol. The number of hydrogen-bond donors (Lipinski definition) is 0. The van der Waals surface area contributed by atoms with Crippen LogP contribution in [0, 0.1) is 5.82 Å². The third-order valence-electron chi connectivity index (χ3n) is 3.35. The molecule has 82 valence electrons. The fraction of sp³-hybridized carbons (Fsp3) is 0.538. The Labute approximate surface area is 90.9 Å². The van der Waals surface area contributed by atoms with Crippen molar-refractivity contribution in [3.8, 4) is 0 Å². The zero-order valence-electron chi connectivity index (χ0n) is 9.25. The van der Waals surface area contributed by atoms with Crippen molar-refractivity contribution < 1.29 is 4.39 Å². The van der Waals surface area contributed by atoms with Crippen molar-refractivity contribution in [1.82, 2.24) is 0 Å². The predicted octanol–water partition coefficient (Wildman–Crippen LogP) is 3.59. The minimum atomic E-state index is -0.106. The number of rotatable bonds is 2. The number of benzene rings is 1. The van der Waals surface area contributed by atoms with Crippen molar-refractivity contribution in [2.75, 3.05) is 11.9 Å². The minimum absolute atomic E-state index is 0.106. The molecule has 0 aliphatic heterocycles. The van der Waals surface area contributed by atoms with Crippen LogP contribution >= 0.6 is 0 Å². The van der Waals surface area contributed by atoms with E-state index in [0.29, 0.717) is 6.04 Å². The second kappa shape index (κ2) is 4.65. The van der Waals surface area contributed by atoms with Gasteiger partial charge in [-0.05, 0) is 25.0 Å². The van der Waals surface area contributed by atoms with Crippen molar-refractivity contribution >= 4 is 5.69 Å². The summed E-state index contributed by atoms with van der Waals surface area (Å²) in [6.45, 7) is 0. The van der Waals surface area contributed by atoms with E-state index in [2.05, 4.69) is 4.90 Å². The molecule has 1 saturated carbocycles. The van der Waals surface area contributed by atoms with Crippen LogP contribution in [0.1, 0.15) is 32.1 Å². The highest BCUT2D eigenvalue weighted by molar-refractivity contribution is 5.47. The number of para-hydroxylation sites is 1. The van der Waals surface area contributed by atoms with Gasteiger partial charge in [0.25, 0.3) is 0 Å². The number of halogens is 1. The summed E-state index contributed by atoms with van der Waals surface area (Å²) in [6, 6.07) is 7.57. The fourth-order valence-corrected chi connectivity index (χ4v) is 2.40. The van der Waals surface area contributed by atoms with Gasteiger partial charge in [0.1, 0.15) is 5.82 Å². The van der Waals surface area contributed by atoms with Gasteiger partial charge in [-0.2, -0.15) is 0 Å². The van der Waals surface area contributed by atoms with Crippen molar-refractivity contribution in [3.05, 3.63) is 30.1 Å². The SMILES string of the molecule is CN(c1ccccc1F)C1CCCCC1. The minimum Gasteiger partial charge on any atom is -0.369 e. The van der Waals surface area contributed by atoms with Crippen molar-refractivity contribution in [2.45, 2.75) is 38.1 Å². The van der Waals surface area contributed by atoms with Crippen LogP contribution in [0.2, 0.25) is 0 Å². The third-order valence-corrected chi connectivity index (χ3v) is 3.35. The Kier molecular flexibility index (Phi) is 3.24. The second-order valence-corrected chi connectivity index (χ2v) is 4.35. The molecule has 2 heteroatoms.